The van der Waals surface area contributed by atoms with Crippen LogP contribution >= 0.6 is 0 Å². The molecule has 0 saturated heterocycles. The number of terminal acetylenes is 1. The standard InChI is InChI=1S/C11H15NO5/c1-3-10(14)12-8-4-9(8)17-6-7(5-13)11(15)16-2/h1,7-9,13H,4-6H2,2H3,(H,12,14). The molecule has 0 radical (unpaired) electrons. The van der Waals surface area contributed by atoms with Gasteiger partial charge in [0, 0.05) is 0 Å². The van der Waals surface area contributed by atoms with Gasteiger partial charge in [0.25, 0.3) is 5.91 Å². The van der Waals surface area contributed by atoms with Crippen LogP contribution in [0.3, 0.4) is 0 Å². The second-order valence-electron chi connectivity index (χ2n) is 3.73. The Balaban J connectivity index is 2.23. The zero-order valence-electron chi connectivity index (χ0n) is 9.51. The fraction of sp³-hybridized carbons (Fsp3) is 0.636. The van der Waals surface area contributed by atoms with Gasteiger partial charge in [-0.15, -0.1) is 6.42 Å². The van der Waals surface area contributed by atoms with Crippen LogP contribution in [0.25, 0.3) is 0 Å². The molecule has 0 aromatic carbocycles. The number of esters is 1. The summed E-state index contributed by atoms with van der Waals surface area (Å²) in [5.74, 6) is 0.255. The zero-order chi connectivity index (χ0) is 12.8. The number of amides is 1. The summed E-state index contributed by atoms with van der Waals surface area (Å²) >= 11 is 0. The molecule has 6 nitrogen and oxygen atoms in total. The third-order valence-corrected chi connectivity index (χ3v) is 2.45. The monoisotopic (exact) mass is 241 g/mol. The number of aliphatic hydroxyl groups excluding tert-OH is 1. The molecule has 6 heteroatoms. The number of methoxy groups -OCH3 is 1. The normalized spacial score (nSPS) is 23.4. The summed E-state index contributed by atoms with van der Waals surface area (Å²) in [5.41, 5.74) is 0. The van der Waals surface area contributed by atoms with Crippen LogP contribution in [-0.2, 0) is 19.1 Å². The summed E-state index contributed by atoms with van der Waals surface area (Å²) in [5, 5.41) is 11.5. The van der Waals surface area contributed by atoms with Crippen molar-refractivity contribution in [3.05, 3.63) is 0 Å². The van der Waals surface area contributed by atoms with E-state index in [1.807, 2.05) is 5.92 Å². The highest BCUT2D eigenvalue weighted by molar-refractivity contribution is 5.93. The molecule has 0 aromatic rings. The number of hydrogen-bond donors (Lipinski definition) is 2. The van der Waals surface area contributed by atoms with E-state index < -0.39 is 17.8 Å². The first-order chi connectivity index (χ1) is 8.12. The number of aliphatic hydroxyl groups is 1. The first kappa shape index (κ1) is 13.5. The molecule has 2 N–H and O–H groups in total. The molecule has 1 rings (SSSR count). The predicted octanol–water partition coefficient (Wildman–Crippen LogP) is -1.33. The summed E-state index contributed by atoms with van der Waals surface area (Å²) in [7, 11) is 1.25. The summed E-state index contributed by atoms with van der Waals surface area (Å²) in [4.78, 5) is 22.0. The van der Waals surface area contributed by atoms with Crippen LogP contribution < -0.4 is 5.32 Å². The van der Waals surface area contributed by atoms with Gasteiger partial charge in [-0.3, -0.25) is 9.59 Å². The lowest BCUT2D eigenvalue weighted by atomic mass is 10.2. The molecule has 1 aliphatic carbocycles. The molecule has 0 heterocycles. The topological polar surface area (TPSA) is 84.9 Å². The Morgan fingerprint density at radius 3 is 2.88 bits per heavy atom. The molecule has 3 atom stereocenters. The van der Waals surface area contributed by atoms with E-state index >= 15 is 0 Å². The molecule has 1 amide bonds. The van der Waals surface area contributed by atoms with Crippen LogP contribution in [-0.4, -0.2) is 49.5 Å². The molecular weight excluding hydrogens is 226 g/mol. The molecule has 0 aliphatic heterocycles. The van der Waals surface area contributed by atoms with Gasteiger partial charge in [0.2, 0.25) is 0 Å². The van der Waals surface area contributed by atoms with E-state index in [0.717, 1.165) is 0 Å². The molecule has 0 spiro atoms. The van der Waals surface area contributed by atoms with Crippen molar-refractivity contribution < 1.29 is 24.2 Å². The van der Waals surface area contributed by atoms with Gasteiger partial charge >= 0.3 is 5.97 Å². The fourth-order valence-electron chi connectivity index (χ4n) is 1.32. The molecule has 0 bridgehead atoms. The van der Waals surface area contributed by atoms with E-state index in [1.165, 1.54) is 7.11 Å². The van der Waals surface area contributed by atoms with E-state index in [9.17, 15) is 9.59 Å². The summed E-state index contributed by atoms with van der Waals surface area (Å²) in [6, 6.07) is -0.101. The number of nitrogens with one attached hydrogen (secondary N) is 1. The molecule has 3 unspecified atom stereocenters. The van der Waals surface area contributed by atoms with Gasteiger partial charge in [0.1, 0.15) is 5.92 Å². The van der Waals surface area contributed by atoms with Crippen LogP contribution in [0, 0.1) is 18.3 Å². The summed E-state index contributed by atoms with van der Waals surface area (Å²) < 4.78 is 9.83. The van der Waals surface area contributed by atoms with Gasteiger partial charge in [-0.1, -0.05) is 0 Å². The smallest absolute Gasteiger partial charge is 0.313 e. The van der Waals surface area contributed by atoms with E-state index in [0.29, 0.717) is 6.42 Å². The summed E-state index contributed by atoms with van der Waals surface area (Å²) in [6.45, 7) is -0.267. The van der Waals surface area contributed by atoms with Gasteiger partial charge in [0.15, 0.2) is 0 Å². The third kappa shape index (κ3) is 4.06. The van der Waals surface area contributed by atoms with Crippen molar-refractivity contribution >= 4 is 11.9 Å². The van der Waals surface area contributed by atoms with E-state index in [2.05, 4.69) is 10.1 Å². The van der Waals surface area contributed by atoms with Crippen molar-refractivity contribution in [2.75, 3.05) is 20.3 Å². The first-order valence-electron chi connectivity index (χ1n) is 5.19. The number of rotatable bonds is 6. The van der Waals surface area contributed by atoms with Crippen LogP contribution in [0.2, 0.25) is 0 Å². The Morgan fingerprint density at radius 2 is 2.35 bits per heavy atom. The Kier molecular flexibility index (Phi) is 4.94. The van der Waals surface area contributed by atoms with Crippen molar-refractivity contribution in [1.29, 1.82) is 0 Å². The van der Waals surface area contributed by atoms with E-state index in [1.54, 1.807) is 0 Å². The minimum atomic E-state index is -0.690. The quantitative estimate of drug-likeness (QED) is 0.445. The molecule has 17 heavy (non-hydrogen) atoms. The highest BCUT2D eigenvalue weighted by atomic mass is 16.5. The molecule has 1 aliphatic rings. The number of ether oxygens (including phenoxy) is 2. The highest BCUT2D eigenvalue weighted by Gasteiger charge is 2.40. The van der Waals surface area contributed by atoms with E-state index in [-0.39, 0.29) is 25.4 Å². The van der Waals surface area contributed by atoms with Crippen LogP contribution in [0.1, 0.15) is 6.42 Å². The second-order valence-corrected chi connectivity index (χ2v) is 3.73. The molecular formula is C11H15NO5. The van der Waals surface area contributed by atoms with Gasteiger partial charge in [-0.05, 0) is 12.3 Å². The van der Waals surface area contributed by atoms with Gasteiger partial charge in [-0.2, -0.15) is 0 Å². The van der Waals surface area contributed by atoms with Gasteiger partial charge < -0.3 is 19.9 Å². The maximum absolute atomic E-state index is 11.1. The zero-order valence-corrected chi connectivity index (χ0v) is 9.51. The Hall–Kier alpha value is -1.58. The van der Waals surface area contributed by atoms with Crippen LogP contribution in [0.15, 0.2) is 0 Å². The lowest BCUT2D eigenvalue weighted by Gasteiger charge is -2.11. The molecule has 0 aromatic heterocycles. The maximum atomic E-state index is 11.1. The highest BCUT2D eigenvalue weighted by Crippen LogP contribution is 2.25. The van der Waals surface area contributed by atoms with Crippen molar-refractivity contribution in [3.8, 4) is 12.3 Å². The number of carbonyl (C=O) groups is 2. The first-order valence-corrected chi connectivity index (χ1v) is 5.19. The van der Waals surface area contributed by atoms with Crippen LogP contribution in [0.4, 0.5) is 0 Å². The number of hydrogen-bond acceptors (Lipinski definition) is 5. The fourth-order valence-corrected chi connectivity index (χ4v) is 1.32. The minimum absolute atomic E-state index is 0.0657. The molecule has 1 saturated carbocycles. The van der Waals surface area contributed by atoms with Gasteiger partial charge in [0.05, 0.1) is 32.5 Å². The largest absolute Gasteiger partial charge is 0.469 e. The van der Waals surface area contributed by atoms with Crippen molar-refractivity contribution in [2.24, 2.45) is 5.92 Å². The Morgan fingerprint density at radius 1 is 1.65 bits per heavy atom. The lowest BCUT2D eigenvalue weighted by molar-refractivity contribution is -0.149. The average molecular weight is 241 g/mol. The minimum Gasteiger partial charge on any atom is -0.469 e. The lowest BCUT2D eigenvalue weighted by Crippen LogP contribution is -2.29. The molecule has 94 valence electrons. The molecule has 1 fully saturated rings. The van der Waals surface area contributed by atoms with Gasteiger partial charge in [-0.25, -0.2) is 0 Å². The van der Waals surface area contributed by atoms with Crippen molar-refractivity contribution in [3.63, 3.8) is 0 Å². The maximum Gasteiger partial charge on any atom is 0.313 e. The van der Waals surface area contributed by atoms with E-state index in [4.69, 9.17) is 16.3 Å². The second kappa shape index (κ2) is 6.23. The number of carbonyl (C=O) groups excluding carboxylic acids is 2. The van der Waals surface area contributed by atoms with Crippen molar-refractivity contribution in [2.45, 2.75) is 18.6 Å². The average Bonchev–Trinajstić information content (AvgIpc) is 3.07. The third-order valence-electron chi connectivity index (χ3n) is 2.45. The van der Waals surface area contributed by atoms with Crippen LogP contribution in [0.5, 0.6) is 0 Å². The summed E-state index contributed by atoms with van der Waals surface area (Å²) in [6.07, 6.45) is 5.41. The van der Waals surface area contributed by atoms with Crippen molar-refractivity contribution in [1.82, 2.24) is 5.32 Å². The Labute approximate surface area is 99.3 Å². The predicted molar refractivity (Wildman–Crippen MR) is 57.7 cm³/mol. The SMILES string of the molecule is C#CC(=O)NC1CC1OCC(CO)C(=O)OC. The Bertz CT molecular complexity index is 335.